The largest absolute Gasteiger partial charge is 0.416 e. The molecule has 1 aromatic heterocycles. The second-order valence-electron chi connectivity index (χ2n) is 10.8. The molecule has 2 aliphatic rings. The van der Waals surface area contributed by atoms with Crippen LogP contribution >= 0.6 is 0 Å². The summed E-state index contributed by atoms with van der Waals surface area (Å²) < 4.78 is 79.7. The van der Waals surface area contributed by atoms with Crippen LogP contribution in [-0.2, 0) is 27.9 Å². The minimum atomic E-state index is -4.56. The van der Waals surface area contributed by atoms with Gasteiger partial charge in [-0.2, -0.15) is 26.3 Å². The summed E-state index contributed by atoms with van der Waals surface area (Å²) in [6.45, 7) is 0.238. The van der Waals surface area contributed by atoms with E-state index in [1.165, 1.54) is 18.3 Å². The van der Waals surface area contributed by atoms with Crippen molar-refractivity contribution in [2.75, 3.05) is 13.1 Å². The molecule has 5 rings (SSSR count). The van der Waals surface area contributed by atoms with E-state index in [-0.39, 0.29) is 43.9 Å². The summed E-state index contributed by atoms with van der Waals surface area (Å²) in [7, 11) is 0. The number of pyridine rings is 1. The predicted octanol–water partition coefficient (Wildman–Crippen LogP) is 5.44. The Morgan fingerprint density at radius 1 is 1.02 bits per heavy atom. The summed E-state index contributed by atoms with van der Waals surface area (Å²) in [5.41, 5.74) is -0.742. The molecule has 6 nitrogen and oxygen atoms in total. The van der Waals surface area contributed by atoms with Gasteiger partial charge in [-0.25, -0.2) is 0 Å². The maximum atomic E-state index is 13.7. The topological polar surface area (TPSA) is 82.5 Å². The number of rotatable bonds is 5. The molecule has 12 heteroatoms. The van der Waals surface area contributed by atoms with E-state index in [2.05, 4.69) is 10.3 Å². The van der Waals surface area contributed by atoms with Crippen molar-refractivity contribution in [3.8, 4) is 0 Å². The third-order valence-electron chi connectivity index (χ3n) is 7.97. The number of carbonyl (C=O) groups is 2. The van der Waals surface area contributed by atoms with Gasteiger partial charge >= 0.3 is 12.4 Å². The van der Waals surface area contributed by atoms with Crippen LogP contribution in [0.4, 0.5) is 26.3 Å². The van der Waals surface area contributed by atoms with Gasteiger partial charge in [0.1, 0.15) is 0 Å². The minimum absolute atomic E-state index is 0.0276. The van der Waals surface area contributed by atoms with Gasteiger partial charge in [0.25, 0.3) is 0 Å². The molecule has 0 spiro atoms. The number of carbonyl (C=O) groups excluding carboxylic acids is 2. The van der Waals surface area contributed by atoms with Crippen LogP contribution in [0, 0.1) is 5.92 Å². The Morgan fingerprint density at radius 2 is 1.76 bits per heavy atom. The van der Waals surface area contributed by atoms with E-state index in [4.69, 9.17) is 0 Å². The third kappa shape index (κ3) is 6.38. The van der Waals surface area contributed by atoms with Crippen molar-refractivity contribution in [3.63, 3.8) is 0 Å². The van der Waals surface area contributed by atoms with Crippen LogP contribution in [0.5, 0.6) is 0 Å². The van der Waals surface area contributed by atoms with Gasteiger partial charge in [0.2, 0.25) is 11.8 Å². The van der Waals surface area contributed by atoms with Crippen molar-refractivity contribution in [1.82, 2.24) is 15.2 Å². The fourth-order valence-corrected chi connectivity index (χ4v) is 5.80. The van der Waals surface area contributed by atoms with Gasteiger partial charge in [-0.15, -0.1) is 0 Å². The zero-order chi connectivity index (χ0) is 29.6. The molecule has 0 aliphatic carbocycles. The molecule has 2 aromatic carbocycles. The summed E-state index contributed by atoms with van der Waals surface area (Å²) in [5.74, 6) is -2.63. The molecule has 3 heterocycles. The van der Waals surface area contributed by atoms with Gasteiger partial charge in [-0.05, 0) is 59.9 Å². The number of hydrogen-bond acceptors (Lipinski definition) is 5. The number of aliphatic hydroxyl groups is 1. The average molecular weight is 580 g/mol. The van der Waals surface area contributed by atoms with Crippen molar-refractivity contribution in [2.45, 2.75) is 56.1 Å². The Balaban J connectivity index is 1.40. The first-order valence-electron chi connectivity index (χ1n) is 13.1. The van der Waals surface area contributed by atoms with Crippen LogP contribution in [0.25, 0.3) is 10.9 Å². The van der Waals surface area contributed by atoms with Gasteiger partial charge in [-0.1, -0.05) is 18.2 Å². The first-order chi connectivity index (χ1) is 19.2. The van der Waals surface area contributed by atoms with Gasteiger partial charge in [0, 0.05) is 43.6 Å². The number of imide groups is 1. The van der Waals surface area contributed by atoms with E-state index in [1.54, 1.807) is 29.2 Å². The first kappa shape index (κ1) is 29.0. The van der Waals surface area contributed by atoms with Crippen molar-refractivity contribution in [3.05, 3.63) is 77.0 Å². The maximum absolute atomic E-state index is 13.7. The number of halogens is 6. The number of nitrogens with one attached hydrogen (secondary N) is 1. The lowest BCUT2D eigenvalue weighted by molar-refractivity contribution is -0.180. The Bertz CT molecular complexity index is 1460. The van der Waals surface area contributed by atoms with Gasteiger partial charge < -0.3 is 5.11 Å². The molecule has 3 unspecified atom stereocenters. The fourth-order valence-electron chi connectivity index (χ4n) is 5.80. The summed E-state index contributed by atoms with van der Waals surface area (Å²) in [5, 5.41) is 14.6. The van der Waals surface area contributed by atoms with E-state index in [0.29, 0.717) is 28.5 Å². The number of likely N-dealkylation sites (tertiary alicyclic amines) is 1. The standard InChI is InChI=1S/C29H27F6N3O3/c30-28(31,32)13-22-16-38(15-17-1-3-20(4-2-17)29(33,34)35)10-9-27(22,41)21-5-7-24-18(12-21)11-19(14-36-24)23-6-8-25(39)37-26(23)40/h1-5,7,11-12,14,22-23,41H,6,8-10,13,15-16H2,(H,37,39,40). The SMILES string of the molecule is O=C1CCC(c2cnc3ccc(C4(O)CCN(Cc5ccc(C(F)(F)F)cc5)CC4CC(F)(F)F)cc3c2)C(=O)N1. The third-order valence-corrected chi connectivity index (χ3v) is 7.97. The van der Waals surface area contributed by atoms with Crippen LogP contribution in [-0.4, -0.2) is 46.1 Å². The van der Waals surface area contributed by atoms with Crippen LogP contribution in [0.1, 0.15) is 53.9 Å². The number of fused-ring (bicyclic) bond motifs is 1. The van der Waals surface area contributed by atoms with E-state index in [1.807, 2.05) is 0 Å². The summed E-state index contributed by atoms with van der Waals surface area (Å²) in [6.07, 6.45) is -8.31. The Labute approximate surface area is 231 Å². The number of benzene rings is 2. The Hall–Kier alpha value is -3.51. The second-order valence-corrected chi connectivity index (χ2v) is 10.8. The molecule has 2 saturated heterocycles. The highest BCUT2D eigenvalue weighted by molar-refractivity contribution is 6.01. The molecule has 0 radical (unpaired) electrons. The highest BCUT2D eigenvalue weighted by atomic mass is 19.4. The summed E-state index contributed by atoms with van der Waals surface area (Å²) >= 11 is 0. The van der Waals surface area contributed by atoms with Crippen molar-refractivity contribution in [2.24, 2.45) is 5.92 Å². The van der Waals surface area contributed by atoms with E-state index < -0.39 is 47.7 Å². The van der Waals surface area contributed by atoms with E-state index in [9.17, 15) is 41.0 Å². The highest BCUT2D eigenvalue weighted by Crippen LogP contribution is 2.44. The molecule has 2 amide bonds. The maximum Gasteiger partial charge on any atom is 0.416 e. The van der Waals surface area contributed by atoms with Gasteiger partial charge in [0.05, 0.1) is 29.0 Å². The monoisotopic (exact) mass is 579 g/mol. The predicted molar refractivity (Wildman–Crippen MR) is 136 cm³/mol. The normalized spacial score (nSPS) is 24.5. The van der Waals surface area contributed by atoms with Gasteiger partial charge in [0.15, 0.2) is 0 Å². The number of alkyl halides is 6. The molecule has 3 atom stereocenters. The smallest absolute Gasteiger partial charge is 0.385 e. The molecular formula is C29H27F6N3O3. The molecule has 41 heavy (non-hydrogen) atoms. The van der Waals surface area contributed by atoms with Crippen molar-refractivity contribution < 1.29 is 41.0 Å². The lowest BCUT2D eigenvalue weighted by Crippen LogP contribution is -2.51. The minimum Gasteiger partial charge on any atom is -0.385 e. The molecule has 218 valence electrons. The van der Waals surface area contributed by atoms with Gasteiger partial charge in [-0.3, -0.25) is 24.8 Å². The zero-order valence-corrected chi connectivity index (χ0v) is 21.7. The Kier molecular flexibility index (Phi) is 7.58. The molecule has 0 bridgehead atoms. The number of aromatic nitrogens is 1. The molecule has 0 saturated carbocycles. The summed E-state index contributed by atoms with van der Waals surface area (Å²) in [4.78, 5) is 29.9. The molecule has 2 aliphatic heterocycles. The van der Waals surface area contributed by atoms with Crippen LogP contribution in [0.15, 0.2) is 54.7 Å². The lowest BCUT2D eigenvalue weighted by atomic mass is 9.74. The number of piperidine rings is 2. The van der Waals surface area contributed by atoms with Crippen LogP contribution < -0.4 is 5.32 Å². The van der Waals surface area contributed by atoms with Crippen molar-refractivity contribution >= 4 is 22.7 Å². The zero-order valence-electron chi connectivity index (χ0n) is 21.7. The first-order valence-corrected chi connectivity index (χ1v) is 13.1. The second kappa shape index (κ2) is 10.7. The number of hydrogen-bond donors (Lipinski definition) is 2. The molecule has 2 N–H and O–H groups in total. The number of nitrogens with zero attached hydrogens (tertiary/aromatic N) is 2. The Morgan fingerprint density at radius 3 is 2.41 bits per heavy atom. The summed E-state index contributed by atoms with van der Waals surface area (Å²) in [6, 6.07) is 10.9. The lowest BCUT2D eigenvalue weighted by Gasteiger charge is -2.45. The molecular weight excluding hydrogens is 552 g/mol. The highest BCUT2D eigenvalue weighted by Gasteiger charge is 2.48. The number of amides is 2. The quantitative estimate of drug-likeness (QED) is 0.311. The van der Waals surface area contributed by atoms with E-state index >= 15 is 0 Å². The fraction of sp³-hybridized carbons (Fsp3) is 0.414. The molecule has 2 fully saturated rings. The average Bonchev–Trinajstić information content (AvgIpc) is 2.89. The van der Waals surface area contributed by atoms with Crippen LogP contribution in [0.3, 0.4) is 0 Å². The molecule has 3 aromatic rings. The van der Waals surface area contributed by atoms with Crippen LogP contribution in [0.2, 0.25) is 0 Å². The van der Waals surface area contributed by atoms with Crippen molar-refractivity contribution in [1.29, 1.82) is 0 Å². The van der Waals surface area contributed by atoms with E-state index in [0.717, 1.165) is 12.1 Å².